The first-order chi connectivity index (χ1) is 11.6. The molecule has 1 aromatic rings. The van der Waals surface area contributed by atoms with Gasteiger partial charge in [0.25, 0.3) is 0 Å². The number of methoxy groups -OCH3 is 1. The third-order valence-electron chi connectivity index (χ3n) is 4.50. The average Bonchev–Trinajstić information content (AvgIpc) is 2.95. The van der Waals surface area contributed by atoms with Gasteiger partial charge in [0.15, 0.2) is 0 Å². The summed E-state index contributed by atoms with van der Waals surface area (Å²) < 4.78 is 10.6. The fourth-order valence-corrected chi connectivity index (χ4v) is 3.36. The zero-order valence-electron chi connectivity index (χ0n) is 14.0. The van der Waals surface area contributed by atoms with Crippen LogP contribution in [0.25, 0.3) is 0 Å². The molecule has 1 fully saturated rings. The van der Waals surface area contributed by atoms with Crippen LogP contribution in [0.4, 0.5) is 0 Å². The number of hydrogen-bond donors (Lipinski definition) is 1. The molecule has 2 aliphatic heterocycles. The van der Waals surface area contributed by atoms with E-state index in [0.717, 1.165) is 12.1 Å². The van der Waals surface area contributed by atoms with Crippen molar-refractivity contribution in [1.82, 2.24) is 10.2 Å². The smallest absolute Gasteiger partial charge is 0.337 e. The van der Waals surface area contributed by atoms with E-state index in [0.29, 0.717) is 30.8 Å². The minimum absolute atomic E-state index is 0.00307. The Balaban J connectivity index is 1.72. The van der Waals surface area contributed by atoms with Gasteiger partial charge in [-0.3, -0.25) is 9.69 Å². The van der Waals surface area contributed by atoms with Crippen molar-refractivity contribution in [2.24, 2.45) is 0 Å². The number of hydrogen-bond acceptors (Lipinski definition) is 5. The van der Waals surface area contributed by atoms with Crippen LogP contribution in [-0.2, 0) is 19.1 Å². The summed E-state index contributed by atoms with van der Waals surface area (Å²) in [6.45, 7) is 3.73. The summed E-state index contributed by atoms with van der Waals surface area (Å²) in [6.07, 6.45) is 0.370. The molecule has 0 saturated carbocycles. The van der Waals surface area contributed by atoms with Crippen molar-refractivity contribution in [3.8, 4) is 0 Å². The molecule has 24 heavy (non-hydrogen) atoms. The monoisotopic (exact) mass is 330 g/mol. The van der Waals surface area contributed by atoms with Crippen molar-refractivity contribution < 1.29 is 19.1 Å². The summed E-state index contributed by atoms with van der Waals surface area (Å²) in [5.41, 5.74) is 1.55. The third kappa shape index (κ3) is 3.28. The van der Waals surface area contributed by atoms with Crippen molar-refractivity contribution in [3.05, 3.63) is 47.2 Å². The Labute approximate surface area is 141 Å². The Morgan fingerprint density at radius 1 is 1.38 bits per heavy atom. The Bertz CT molecular complexity index is 656. The molecule has 6 nitrogen and oxygen atoms in total. The van der Waals surface area contributed by atoms with E-state index in [4.69, 9.17) is 9.47 Å². The van der Waals surface area contributed by atoms with Crippen LogP contribution in [-0.4, -0.2) is 49.6 Å². The molecule has 0 spiro atoms. The van der Waals surface area contributed by atoms with Gasteiger partial charge < -0.3 is 14.8 Å². The zero-order valence-corrected chi connectivity index (χ0v) is 14.0. The largest absolute Gasteiger partial charge is 0.493 e. The normalized spacial score (nSPS) is 24.5. The third-order valence-corrected chi connectivity index (χ3v) is 4.50. The standard InChI is InChI=1S/C18H22N2O4/c1-12-15(18(22)23-2)10-14(24-12)11-20-9-8-19-17(21)16(20)13-6-4-3-5-7-13/h3-7,14,16H,8-11H2,1-2H3,(H,19,21)/t14-,16+/m0/s1. The molecular weight excluding hydrogens is 308 g/mol. The molecule has 0 bridgehead atoms. The average molecular weight is 330 g/mol. The number of piperazine rings is 1. The van der Waals surface area contributed by atoms with Gasteiger partial charge in [0, 0.05) is 26.1 Å². The number of rotatable bonds is 4. The van der Waals surface area contributed by atoms with Crippen molar-refractivity contribution in [2.75, 3.05) is 26.7 Å². The first kappa shape index (κ1) is 16.5. The van der Waals surface area contributed by atoms with E-state index >= 15 is 0 Å². The minimum atomic E-state index is -0.342. The van der Waals surface area contributed by atoms with Gasteiger partial charge in [0.05, 0.1) is 12.7 Å². The first-order valence-corrected chi connectivity index (χ1v) is 8.11. The fraction of sp³-hybridized carbons (Fsp3) is 0.444. The first-order valence-electron chi connectivity index (χ1n) is 8.11. The molecule has 2 heterocycles. The highest BCUT2D eigenvalue weighted by molar-refractivity contribution is 5.89. The number of esters is 1. The van der Waals surface area contributed by atoms with E-state index < -0.39 is 0 Å². The number of nitrogens with zero attached hydrogens (tertiary/aromatic N) is 1. The molecule has 2 atom stereocenters. The molecule has 128 valence electrons. The highest BCUT2D eigenvalue weighted by atomic mass is 16.5. The SMILES string of the molecule is COC(=O)C1=C(C)O[C@H](CN2CCNC(=O)[C@H]2c2ccccc2)C1. The van der Waals surface area contributed by atoms with Crippen molar-refractivity contribution in [2.45, 2.75) is 25.5 Å². The summed E-state index contributed by atoms with van der Waals surface area (Å²) in [7, 11) is 1.37. The number of benzene rings is 1. The number of allylic oxidation sites excluding steroid dienone is 1. The van der Waals surface area contributed by atoms with Crippen LogP contribution in [0, 0.1) is 0 Å². The summed E-state index contributed by atoms with van der Waals surface area (Å²) >= 11 is 0. The number of carbonyl (C=O) groups is 2. The predicted molar refractivity (Wildman–Crippen MR) is 88.0 cm³/mol. The molecule has 6 heteroatoms. The molecular formula is C18H22N2O4. The van der Waals surface area contributed by atoms with E-state index in [9.17, 15) is 9.59 Å². The van der Waals surface area contributed by atoms with E-state index in [-0.39, 0.29) is 24.0 Å². The lowest BCUT2D eigenvalue weighted by molar-refractivity contribution is -0.136. The van der Waals surface area contributed by atoms with Gasteiger partial charge in [-0.25, -0.2) is 4.79 Å². The predicted octanol–water partition coefficient (Wildman–Crippen LogP) is 1.40. The topological polar surface area (TPSA) is 67.9 Å². The summed E-state index contributed by atoms with van der Waals surface area (Å²) in [4.78, 5) is 26.3. The number of ether oxygens (including phenoxy) is 2. The molecule has 2 aliphatic rings. The molecule has 0 radical (unpaired) electrons. The summed E-state index contributed by atoms with van der Waals surface area (Å²) in [5, 5.41) is 2.92. The van der Waals surface area contributed by atoms with Crippen LogP contribution in [0.5, 0.6) is 0 Å². The van der Waals surface area contributed by atoms with Gasteiger partial charge in [0.1, 0.15) is 17.9 Å². The van der Waals surface area contributed by atoms with Crippen molar-refractivity contribution >= 4 is 11.9 Å². The van der Waals surface area contributed by atoms with Gasteiger partial charge in [-0.1, -0.05) is 30.3 Å². The molecule has 1 saturated heterocycles. The Kier molecular flexibility index (Phi) is 4.85. The van der Waals surface area contributed by atoms with Crippen LogP contribution < -0.4 is 5.32 Å². The second-order valence-electron chi connectivity index (χ2n) is 6.07. The van der Waals surface area contributed by atoms with Gasteiger partial charge in [-0.15, -0.1) is 0 Å². The molecule has 1 amide bonds. The summed E-state index contributed by atoms with van der Waals surface area (Å²) in [6, 6.07) is 9.39. The van der Waals surface area contributed by atoms with Crippen LogP contribution in [0.3, 0.4) is 0 Å². The lowest BCUT2D eigenvalue weighted by atomic mass is 10.0. The maximum atomic E-state index is 12.4. The quantitative estimate of drug-likeness (QED) is 0.845. The highest BCUT2D eigenvalue weighted by Gasteiger charge is 2.36. The van der Waals surface area contributed by atoms with Crippen LogP contribution in [0.15, 0.2) is 41.7 Å². The second kappa shape index (κ2) is 7.05. The number of carbonyl (C=O) groups excluding carboxylic acids is 2. The molecule has 3 rings (SSSR count). The lowest BCUT2D eigenvalue weighted by Crippen LogP contribution is -2.51. The number of amides is 1. The van der Waals surface area contributed by atoms with E-state index in [2.05, 4.69) is 10.2 Å². The van der Waals surface area contributed by atoms with E-state index in [1.54, 1.807) is 6.92 Å². The van der Waals surface area contributed by atoms with Gasteiger partial charge in [0.2, 0.25) is 5.91 Å². The minimum Gasteiger partial charge on any atom is -0.493 e. The van der Waals surface area contributed by atoms with Crippen molar-refractivity contribution in [1.29, 1.82) is 0 Å². The fourth-order valence-electron chi connectivity index (χ4n) is 3.36. The zero-order chi connectivity index (χ0) is 17.1. The molecule has 0 aromatic heterocycles. The Morgan fingerprint density at radius 2 is 2.12 bits per heavy atom. The Morgan fingerprint density at radius 3 is 2.83 bits per heavy atom. The summed E-state index contributed by atoms with van der Waals surface area (Å²) in [5.74, 6) is 0.277. The second-order valence-corrected chi connectivity index (χ2v) is 6.07. The van der Waals surface area contributed by atoms with Gasteiger partial charge >= 0.3 is 5.97 Å². The lowest BCUT2D eigenvalue weighted by Gasteiger charge is -2.36. The molecule has 1 aromatic carbocycles. The van der Waals surface area contributed by atoms with Crippen molar-refractivity contribution in [3.63, 3.8) is 0 Å². The van der Waals surface area contributed by atoms with E-state index in [1.807, 2.05) is 30.3 Å². The van der Waals surface area contributed by atoms with Crippen LogP contribution in [0.2, 0.25) is 0 Å². The molecule has 1 N–H and O–H groups in total. The molecule has 0 aliphatic carbocycles. The maximum Gasteiger partial charge on any atom is 0.337 e. The van der Waals surface area contributed by atoms with E-state index in [1.165, 1.54) is 7.11 Å². The molecule has 0 unspecified atom stereocenters. The van der Waals surface area contributed by atoms with Crippen LogP contribution >= 0.6 is 0 Å². The highest BCUT2D eigenvalue weighted by Crippen LogP contribution is 2.29. The van der Waals surface area contributed by atoms with Gasteiger partial charge in [-0.2, -0.15) is 0 Å². The number of nitrogens with one attached hydrogen (secondary N) is 1. The Hall–Kier alpha value is -2.34. The van der Waals surface area contributed by atoms with Crippen LogP contribution in [0.1, 0.15) is 24.9 Å². The van der Waals surface area contributed by atoms with Gasteiger partial charge in [-0.05, 0) is 12.5 Å². The maximum absolute atomic E-state index is 12.4.